The fraction of sp³-hybridized carbons (Fsp3) is 0.263. The molecule has 0 radical (unpaired) electrons. The Morgan fingerprint density at radius 3 is 2.48 bits per heavy atom. The Hall–Kier alpha value is -2.12. The molecule has 0 saturated carbocycles. The van der Waals surface area contributed by atoms with E-state index < -0.39 is 11.6 Å². The summed E-state index contributed by atoms with van der Waals surface area (Å²) in [5.74, 6) is 4.24. The van der Waals surface area contributed by atoms with Crippen molar-refractivity contribution in [3.8, 4) is 11.8 Å². The van der Waals surface area contributed by atoms with E-state index in [1.165, 1.54) is 24.4 Å². The lowest BCUT2D eigenvalue weighted by Crippen LogP contribution is -1.97. The molecule has 0 saturated heterocycles. The zero-order chi connectivity index (χ0) is 18.2. The SMILES string of the molecule is CCCCCc1c(F)cc(C#Cc2ncc(N=C=S)cc2Cl)cc1F. The number of rotatable bonds is 5. The molecule has 2 rings (SSSR count). The number of aliphatic imine (C=N–C) groups is 1. The molecule has 0 N–H and O–H groups in total. The van der Waals surface area contributed by atoms with Gasteiger partial charge in [-0.15, -0.1) is 0 Å². The number of hydrogen-bond donors (Lipinski definition) is 0. The maximum absolute atomic E-state index is 14.1. The molecule has 0 aliphatic heterocycles. The van der Waals surface area contributed by atoms with Gasteiger partial charge in [-0.2, -0.15) is 4.99 Å². The van der Waals surface area contributed by atoms with Gasteiger partial charge in [0.25, 0.3) is 0 Å². The zero-order valence-electron chi connectivity index (χ0n) is 13.6. The molecule has 128 valence electrons. The topological polar surface area (TPSA) is 25.2 Å². The van der Waals surface area contributed by atoms with Crippen molar-refractivity contribution in [2.75, 3.05) is 0 Å². The molecule has 0 bridgehead atoms. The van der Waals surface area contributed by atoms with E-state index in [-0.39, 0.29) is 21.8 Å². The Balaban J connectivity index is 2.24. The van der Waals surface area contributed by atoms with Crippen molar-refractivity contribution in [1.82, 2.24) is 4.98 Å². The van der Waals surface area contributed by atoms with E-state index >= 15 is 0 Å². The van der Waals surface area contributed by atoms with Crippen molar-refractivity contribution in [3.05, 3.63) is 57.9 Å². The Bertz CT molecular complexity index is 858. The molecule has 2 nitrogen and oxygen atoms in total. The van der Waals surface area contributed by atoms with Gasteiger partial charge in [-0.3, -0.25) is 0 Å². The molecule has 1 aromatic carbocycles. The summed E-state index contributed by atoms with van der Waals surface area (Å²) in [6, 6.07) is 4.00. The second-order valence-corrected chi connectivity index (χ2v) is 5.94. The van der Waals surface area contributed by atoms with Gasteiger partial charge in [0, 0.05) is 11.1 Å². The van der Waals surface area contributed by atoms with Crippen molar-refractivity contribution in [1.29, 1.82) is 0 Å². The Morgan fingerprint density at radius 2 is 1.88 bits per heavy atom. The minimum atomic E-state index is -0.579. The van der Waals surface area contributed by atoms with Crippen molar-refractivity contribution in [2.45, 2.75) is 32.6 Å². The van der Waals surface area contributed by atoms with Crippen molar-refractivity contribution in [3.63, 3.8) is 0 Å². The highest BCUT2D eigenvalue weighted by Crippen LogP contribution is 2.20. The molecule has 1 aromatic heterocycles. The number of halogens is 3. The van der Waals surface area contributed by atoms with Gasteiger partial charge in [-0.25, -0.2) is 13.8 Å². The van der Waals surface area contributed by atoms with E-state index in [1.54, 1.807) is 0 Å². The Morgan fingerprint density at radius 1 is 1.16 bits per heavy atom. The predicted octanol–water partition coefficient (Wildman–Crippen LogP) is 5.88. The van der Waals surface area contributed by atoms with Crippen LogP contribution < -0.4 is 0 Å². The van der Waals surface area contributed by atoms with E-state index in [1.807, 2.05) is 6.92 Å². The van der Waals surface area contributed by atoms with Gasteiger partial charge < -0.3 is 0 Å². The molecule has 0 spiro atoms. The normalized spacial score (nSPS) is 9.92. The number of benzene rings is 1. The fourth-order valence-electron chi connectivity index (χ4n) is 2.23. The third kappa shape index (κ3) is 5.44. The van der Waals surface area contributed by atoms with Crippen molar-refractivity contribution < 1.29 is 8.78 Å². The minimum absolute atomic E-state index is 0.109. The third-order valence-electron chi connectivity index (χ3n) is 3.50. The van der Waals surface area contributed by atoms with E-state index in [0.29, 0.717) is 12.1 Å². The first-order valence-electron chi connectivity index (χ1n) is 7.78. The number of thiocarbonyl (C=S) groups is 1. The number of isothiocyanates is 1. The molecule has 0 amide bonds. The summed E-state index contributed by atoms with van der Waals surface area (Å²) in [5.41, 5.74) is 1.09. The first-order chi connectivity index (χ1) is 12.0. The summed E-state index contributed by atoms with van der Waals surface area (Å²) in [6.45, 7) is 2.04. The summed E-state index contributed by atoms with van der Waals surface area (Å²) < 4.78 is 28.2. The lowest BCUT2D eigenvalue weighted by molar-refractivity contribution is 0.545. The smallest absolute Gasteiger partial charge is 0.132 e. The van der Waals surface area contributed by atoms with E-state index in [0.717, 1.165) is 19.3 Å². The minimum Gasteiger partial charge on any atom is -0.244 e. The average Bonchev–Trinajstić information content (AvgIpc) is 2.57. The zero-order valence-corrected chi connectivity index (χ0v) is 15.1. The van der Waals surface area contributed by atoms with Gasteiger partial charge in [-0.05, 0) is 49.2 Å². The third-order valence-corrected chi connectivity index (χ3v) is 3.88. The lowest BCUT2D eigenvalue weighted by atomic mass is 10.0. The molecule has 0 aliphatic carbocycles. The average molecular weight is 377 g/mol. The maximum atomic E-state index is 14.1. The summed E-state index contributed by atoms with van der Waals surface area (Å²) in [6.07, 6.45) is 4.51. The molecule has 2 aromatic rings. The fourth-order valence-corrected chi connectivity index (χ4v) is 2.54. The first kappa shape index (κ1) is 19.2. The number of unbranched alkanes of at least 4 members (excludes halogenated alkanes) is 2. The van der Waals surface area contributed by atoms with E-state index in [9.17, 15) is 8.78 Å². The van der Waals surface area contributed by atoms with Crippen LogP contribution in [0.2, 0.25) is 5.02 Å². The largest absolute Gasteiger partial charge is 0.244 e. The standard InChI is InChI=1S/C19H15ClF2N2S/c1-2-3-4-5-15-17(21)8-13(9-18(15)22)6-7-19-16(20)10-14(11-23-19)24-12-25/h8-11H,2-5H2,1H3. The summed E-state index contributed by atoms with van der Waals surface area (Å²) in [7, 11) is 0. The second-order valence-electron chi connectivity index (χ2n) is 5.35. The molecular weight excluding hydrogens is 362 g/mol. The lowest BCUT2D eigenvalue weighted by Gasteiger charge is -2.05. The Labute approximate surface area is 156 Å². The molecule has 6 heteroatoms. The van der Waals surface area contributed by atoms with Crippen LogP contribution in [0.1, 0.15) is 43.0 Å². The number of aromatic nitrogens is 1. The van der Waals surface area contributed by atoms with Crippen LogP contribution in [0.15, 0.2) is 29.4 Å². The van der Waals surface area contributed by atoms with Crippen molar-refractivity contribution >= 4 is 34.7 Å². The monoisotopic (exact) mass is 376 g/mol. The van der Waals surface area contributed by atoms with Crippen LogP contribution in [0.4, 0.5) is 14.5 Å². The molecule has 0 aliphatic rings. The van der Waals surface area contributed by atoms with Gasteiger partial charge in [0.1, 0.15) is 17.3 Å². The van der Waals surface area contributed by atoms with Crippen LogP contribution in [0, 0.1) is 23.5 Å². The highest BCUT2D eigenvalue weighted by Gasteiger charge is 2.10. The first-order valence-corrected chi connectivity index (χ1v) is 8.57. The van der Waals surface area contributed by atoms with E-state index in [4.69, 9.17) is 11.6 Å². The summed E-state index contributed by atoms with van der Waals surface area (Å²) in [4.78, 5) is 7.81. The highest BCUT2D eigenvalue weighted by atomic mass is 35.5. The number of hydrogen-bond acceptors (Lipinski definition) is 3. The predicted molar refractivity (Wildman–Crippen MR) is 99.5 cm³/mol. The summed E-state index contributed by atoms with van der Waals surface area (Å²) in [5, 5.41) is 2.49. The molecule has 0 unspecified atom stereocenters. The van der Waals surface area contributed by atoms with Gasteiger partial charge in [0.05, 0.1) is 22.1 Å². The van der Waals surface area contributed by atoms with Crippen LogP contribution in [-0.2, 0) is 6.42 Å². The Kier molecular flexibility index (Phi) is 7.21. The second kappa shape index (κ2) is 9.39. The number of pyridine rings is 1. The summed E-state index contributed by atoms with van der Waals surface area (Å²) >= 11 is 10.6. The van der Waals surface area contributed by atoms with Gasteiger partial charge in [0.15, 0.2) is 0 Å². The van der Waals surface area contributed by atoms with Crippen LogP contribution in [0.3, 0.4) is 0 Å². The molecule has 0 atom stereocenters. The molecule has 25 heavy (non-hydrogen) atoms. The van der Waals surface area contributed by atoms with Gasteiger partial charge in [-0.1, -0.05) is 37.3 Å². The molecular formula is C19H15ClF2N2S. The highest BCUT2D eigenvalue weighted by molar-refractivity contribution is 7.78. The van der Waals surface area contributed by atoms with Gasteiger partial charge >= 0.3 is 0 Å². The maximum Gasteiger partial charge on any atom is 0.132 e. The number of nitrogens with zero attached hydrogens (tertiary/aromatic N) is 2. The quantitative estimate of drug-likeness (QED) is 0.282. The van der Waals surface area contributed by atoms with Gasteiger partial charge in [0.2, 0.25) is 0 Å². The van der Waals surface area contributed by atoms with Crippen molar-refractivity contribution in [2.24, 2.45) is 4.99 Å². The van der Waals surface area contributed by atoms with E-state index in [2.05, 4.69) is 39.2 Å². The van der Waals surface area contributed by atoms with Crippen LogP contribution >= 0.6 is 23.8 Å². The van der Waals surface area contributed by atoms with Crippen LogP contribution in [0.5, 0.6) is 0 Å². The molecule has 0 fully saturated rings. The van der Waals surface area contributed by atoms with Crippen LogP contribution in [-0.4, -0.2) is 10.1 Å². The van der Waals surface area contributed by atoms with Crippen LogP contribution in [0.25, 0.3) is 0 Å². The molecule has 1 heterocycles.